The van der Waals surface area contributed by atoms with Gasteiger partial charge in [0.15, 0.2) is 6.10 Å². The first-order valence-electron chi connectivity index (χ1n) is 9.43. The van der Waals surface area contributed by atoms with E-state index in [0.29, 0.717) is 16.3 Å². The summed E-state index contributed by atoms with van der Waals surface area (Å²) in [6, 6.07) is 6.20. The molecule has 0 spiro atoms. The van der Waals surface area contributed by atoms with Gasteiger partial charge in [0.05, 0.1) is 18.5 Å². The molecule has 31 heavy (non-hydrogen) atoms. The summed E-state index contributed by atoms with van der Waals surface area (Å²) in [7, 11) is 1.43. The lowest BCUT2D eigenvalue weighted by Gasteiger charge is -2.19. The van der Waals surface area contributed by atoms with Gasteiger partial charge in [0, 0.05) is 16.5 Å². The molecule has 0 aliphatic heterocycles. The summed E-state index contributed by atoms with van der Waals surface area (Å²) in [5.74, 6) is -0.624. The molecule has 1 amide bonds. The minimum atomic E-state index is -4.59. The summed E-state index contributed by atoms with van der Waals surface area (Å²) in [5.41, 5.74) is 1.02. The lowest BCUT2D eigenvalue weighted by atomic mass is 10.1. The van der Waals surface area contributed by atoms with Crippen molar-refractivity contribution in [3.63, 3.8) is 0 Å². The zero-order valence-corrected chi connectivity index (χ0v) is 17.5. The normalized spacial score (nSPS) is 15.4. The molecule has 11 heteroatoms. The fraction of sp³-hybridized carbons (Fsp3) is 0.400. The number of rotatable bonds is 8. The van der Waals surface area contributed by atoms with Crippen molar-refractivity contribution < 1.29 is 27.5 Å². The first kappa shape index (κ1) is 22.8. The maximum atomic E-state index is 13.0. The molecule has 166 valence electrons. The maximum absolute atomic E-state index is 13.0. The van der Waals surface area contributed by atoms with Crippen LogP contribution in [-0.4, -0.2) is 47.5 Å². The lowest BCUT2D eigenvalue weighted by molar-refractivity contribution is -0.189. The third kappa shape index (κ3) is 6.06. The summed E-state index contributed by atoms with van der Waals surface area (Å²) in [6.45, 7) is 1.03. The van der Waals surface area contributed by atoms with E-state index in [0.717, 1.165) is 26.0 Å². The van der Waals surface area contributed by atoms with Gasteiger partial charge in [-0.15, -0.1) is 0 Å². The van der Waals surface area contributed by atoms with E-state index in [-0.39, 0.29) is 29.7 Å². The fourth-order valence-electron chi connectivity index (χ4n) is 2.65. The highest BCUT2D eigenvalue weighted by atomic mass is 35.5. The fourth-order valence-corrected chi connectivity index (χ4v) is 2.78. The van der Waals surface area contributed by atoms with Crippen molar-refractivity contribution in [2.75, 3.05) is 13.7 Å². The highest BCUT2D eigenvalue weighted by Gasteiger charge is 2.39. The Morgan fingerprint density at radius 3 is 2.58 bits per heavy atom. The molecular weight excluding hydrogens is 437 g/mol. The van der Waals surface area contributed by atoms with Crippen LogP contribution >= 0.6 is 11.6 Å². The van der Waals surface area contributed by atoms with E-state index in [1.807, 2.05) is 0 Å². The van der Waals surface area contributed by atoms with E-state index in [2.05, 4.69) is 20.4 Å². The number of oxime groups is 1. The maximum Gasteiger partial charge on any atom is 0.425 e. The number of nitrogens with zero attached hydrogens (tertiary/aromatic N) is 3. The van der Waals surface area contributed by atoms with Crippen LogP contribution in [0.3, 0.4) is 0 Å². The van der Waals surface area contributed by atoms with E-state index in [1.54, 1.807) is 24.3 Å². The van der Waals surface area contributed by atoms with Gasteiger partial charge in [-0.2, -0.15) is 13.2 Å². The molecule has 0 bridgehead atoms. The van der Waals surface area contributed by atoms with Gasteiger partial charge in [-0.1, -0.05) is 28.9 Å². The Hall–Kier alpha value is -2.88. The minimum absolute atomic E-state index is 0.00612. The Kier molecular flexibility index (Phi) is 6.99. The minimum Gasteiger partial charge on any atom is -0.463 e. The van der Waals surface area contributed by atoms with Crippen molar-refractivity contribution in [2.45, 2.75) is 32.0 Å². The molecule has 0 unspecified atom stereocenters. The first-order valence-corrected chi connectivity index (χ1v) is 9.81. The molecule has 3 rings (SSSR count). The van der Waals surface area contributed by atoms with Crippen LogP contribution < -0.4 is 10.1 Å². The smallest absolute Gasteiger partial charge is 0.425 e. The van der Waals surface area contributed by atoms with Crippen LogP contribution in [0.4, 0.5) is 13.2 Å². The Morgan fingerprint density at radius 1 is 1.32 bits per heavy atom. The summed E-state index contributed by atoms with van der Waals surface area (Å²) < 4.78 is 43.9. The predicted molar refractivity (Wildman–Crippen MR) is 108 cm³/mol. The van der Waals surface area contributed by atoms with Crippen LogP contribution in [-0.2, 0) is 4.84 Å². The van der Waals surface area contributed by atoms with Crippen LogP contribution in [0.15, 0.2) is 35.6 Å². The number of ether oxygens (including phenoxy) is 1. The van der Waals surface area contributed by atoms with Crippen LogP contribution in [0, 0.1) is 5.92 Å². The molecule has 1 aliphatic carbocycles. The van der Waals surface area contributed by atoms with Crippen LogP contribution in [0.25, 0.3) is 11.3 Å². The highest BCUT2D eigenvalue weighted by Crippen LogP contribution is 2.32. The second-order valence-electron chi connectivity index (χ2n) is 6.94. The molecule has 7 nitrogen and oxygen atoms in total. The zero-order valence-electron chi connectivity index (χ0n) is 16.7. The van der Waals surface area contributed by atoms with Crippen molar-refractivity contribution in [2.24, 2.45) is 11.1 Å². The topological polar surface area (TPSA) is 85.7 Å². The van der Waals surface area contributed by atoms with Gasteiger partial charge in [-0.05, 0) is 31.9 Å². The van der Waals surface area contributed by atoms with Gasteiger partial charge >= 0.3 is 6.18 Å². The third-order valence-corrected chi connectivity index (χ3v) is 4.78. The van der Waals surface area contributed by atoms with Crippen LogP contribution in [0.1, 0.15) is 30.3 Å². The second kappa shape index (κ2) is 9.51. The average molecular weight is 457 g/mol. The first-order chi connectivity index (χ1) is 14.7. The summed E-state index contributed by atoms with van der Waals surface area (Å²) in [5, 5.41) is 7.04. The number of benzene rings is 1. The number of nitrogens with one attached hydrogen (secondary N) is 1. The van der Waals surface area contributed by atoms with Gasteiger partial charge in [0.25, 0.3) is 5.91 Å². The van der Waals surface area contributed by atoms with Crippen molar-refractivity contribution in [1.29, 1.82) is 0 Å². The van der Waals surface area contributed by atoms with E-state index >= 15 is 0 Å². The molecule has 1 aliphatic rings. The molecular formula is C20H20ClF3N4O3. The van der Waals surface area contributed by atoms with Gasteiger partial charge in [-0.3, -0.25) is 4.79 Å². The van der Waals surface area contributed by atoms with E-state index in [1.165, 1.54) is 7.11 Å². The Balaban J connectivity index is 1.86. The third-order valence-electron chi connectivity index (χ3n) is 4.53. The molecule has 0 radical (unpaired) electrons. The molecule has 1 saturated carbocycles. The zero-order chi connectivity index (χ0) is 22.6. The standard InChI is InChI=1S/C20H20ClF3N4O3/c1-11(20(22,23)24)31-19-17(13-5-7-14(21)8-6-13)27-16(10-26-19)18(29)25-9-15(28-30-2)12-3-4-12/h5-8,10-12H,3-4,9H2,1-2H3,(H,25,29)/b28-15-/t11-/m0/s1. The number of aromatic nitrogens is 2. The van der Waals surface area contributed by atoms with Crippen molar-refractivity contribution in [3.05, 3.63) is 41.2 Å². The van der Waals surface area contributed by atoms with Crippen molar-refractivity contribution in [1.82, 2.24) is 15.3 Å². The molecule has 1 atom stereocenters. The lowest BCUT2D eigenvalue weighted by Crippen LogP contribution is -2.32. The highest BCUT2D eigenvalue weighted by molar-refractivity contribution is 6.30. The van der Waals surface area contributed by atoms with Gasteiger partial charge in [0.1, 0.15) is 18.5 Å². The van der Waals surface area contributed by atoms with E-state index in [4.69, 9.17) is 21.2 Å². The molecule has 1 aromatic carbocycles. The van der Waals surface area contributed by atoms with Crippen molar-refractivity contribution in [3.8, 4) is 17.1 Å². The van der Waals surface area contributed by atoms with Crippen molar-refractivity contribution >= 4 is 23.2 Å². The van der Waals surface area contributed by atoms with E-state index < -0.39 is 18.2 Å². The number of amides is 1. The number of hydrogen-bond donors (Lipinski definition) is 1. The predicted octanol–water partition coefficient (Wildman–Crippen LogP) is 4.27. The summed E-state index contributed by atoms with van der Waals surface area (Å²) >= 11 is 5.89. The summed E-state index contributed by atoms with van der Waals surface area (Å²) in [4.78, 5) is 25.5. The van der Waals surface area contributed by atoms with Gasteiger partial charge in [0.2, 0.25) is 5.88 Å². The monoisotopic (exact) mass is 456 g/mol. The van der Waals surface area contributed by atoms with E-state index in [9.17, 15) is 18.0 Å². The molecule has 1 fully saturated rings. The number of carbonyl (C=O) groups excluding carboxylic acids is 1. The molecule has 1 N–H and O–H groups in total. The Labute approximate surface area is 181 Å². The molecule has 0 saturated heterocycles. The summed E-state index contributed by atoms with van der Waals surface area (Å²) in [6.07, 6.45) is -3.69. The van der Waals surface area contributed by atoms with Gasteiger partial charge < -0.3 is 14.9 Å². The molecule has 1 aromatic heterocycles. The average Bonchev–Trinajstić information content (AvgIpc) is 3.56. The molecule has 1 heterocycles. The quantitative estimate of drug-likeness (QED) is 0.473. The van der Waals surface area contributed by atoms with Crippen LogP contribution in [0.5, 0.6) is 5.88 Å². The largest absolute Gasteiger partial charge is 0.463 e. The van der Waals surface area contributed by atoms with Gasteiger partial charge in [-0.25, -0.2) is 9.97 Å². The molecule has 2 aromatic rings. The Bertz CT molecular complexity index is 963. The Morgan fingerprint density at radius 2 is 2.00 bits per heavy atom. The second-order valence-corrected chi connectivity index (χ2v) is 7.38. The number of hydrogen-bond acceptors (Lipinski definition) is 6. The number of alkyl halides is 3. The van der Waals surface area contributed by atoms with Crippen LogP contribution in [0.2, 0.25) is 5.02 Å². The SMILES string of the molecule is CO/N=C(/CNC(=O)c1cnc(O[C@@H](C)C(F)(F)F)c(-c2ccc(Cl)cc2)n1)C1CC1. The number of carbonyl (C=O) groups is 1. The number of halogens is 4.